The summed E-state index contributed by atoms with van der Waals surface area (Å²) in [6, 6.07) is 7.99. The van der Waals surface area contributed by atoms with Crippen molar-refractivity contribution < 1.29 is 14.2 Å². The normalized spacial score (nSPS) is 10.5. The van der Waals surface area contributed by atoms with Crippen molar-refractivity contribution in [1.29, 1.82) is 0 Å². The Morgan fingerprint density at radius 3 is 2.58 bits per heavy atom. The van der Waals surface area contributed by atoms with Gasteiger partial charge in [-0.3, -0.25) is 0 Å². The molecule has 5 N–H and O–H groups in total. The van der Waals surface area contributed by atoms with Gasteiger partial charge < -0.3 is 21.3 Å². The molecule has 19 heavy (non-hydrogen) atoms. The van der Waals surface area contributed by atoms with Gasteiger partial charge in [-0.25, -0.2) is 4.39 Å². The second-order valence-corrected chi connectivity index (χ2v) is 4.26. The first kappa shape index (κ1) is 13.5. The third-order valence-electron chi connectivity index (χ3n) is 2.57. The van der Waals surface area contributed by atoms with Crippen molar-refractivity contribution in [2.24, 2.45) is 0 Å². The van der Waals surface area contributed by atoms with Gasteiger partial charge in [-0.05, 0) is 12.1 Å². The summed E-state index contributed by atoms with van der Waals surface area (Å²) in [6.07, 6.45) is 0. The summed E-state index contributed by atoms with van der Waals surface area (Å²) < 4.78 is 19.4. The fourth-order valence-electron chi connectivity index (χ4n) is 1.60. The molecule has 4 nitrogen and oxygen atoms in total. The first-order valence-electron chi connectivity index (χ1n) is 5.44. The van der Waals surface area contributed by atoms with E-state index in [0.29, 0.717) is 11.3 Å². The van der Waals surface area contributed by atoms with E-state index in [-0.39, 0.29) is 28.8 Å². The average Bonchev–Trinajstić information content (AvgIpc) is 2.41. The van der Waals surface area contributed by atoms with Crippen LogP contribution < -0.4 is 16.2 Å². The number of hydrogen-bond acceptors (Lipinski definition) is 4. The largest absolute Gasteiger partial charge is 0.452 e. The van der Waals surface area contributed by atoms with E-state index in [4.69, 9.17) is 27.8 Å². The molecule has 0 saturated heterocycles. The number of aliphatic hydroxyl groups excluding tert-OH is 1. The van der Waals surface area contributed by atoms with Gasteiger partial charge in [-0.1, -0.05) is 29.8 Å². The van der Waals surface area contributed by atoms with Crippen molar-refractivity contribution in [3.05, 3.63) is 46.7 Å². The summed E-state index contributed by atoms with van der Waals surface area (Å²) in [6.45, 7) is -0.236. The quantitative estimate of drug-likeness (QED) is 0.756. The molecule has 0 amide bonds. The molecule has 6 heteroatoms. The standard InChI is InChI=1S/C13H12ClFN2O2/c14-11-8(16)5-9(17)13(12(11)15)19-10-4-2-1-3-7(10)6-18/h1-5,18H,6,16-17H2. The number of aliphatic hydroxyl groups is 1. The molecule has 0 aromatic heterocycles. The molecule has 0 unspecified atom stereocenters. The van der Waals surface area contributed by atoms with Crippen LogP contribution in [0.25, 0.3) is 0 Å². The molecule has 0 aliphatic rings. The highest BCUT2D eigenvalue weighted by Gasteiger charge is 2.17. The van der Waals surface area contributed by atoms with Crippen molar-refractivity contribution >= 4 is 23.0 Å². The van der Waals surface area contributed by atoms with Crippen LogP contribution in [0.15, 0.2) is 30.3 Å². The van der Waals surface area contributed by atoms with Gasteiger partial charge in [-0.15, -0.1) is 0 Å². The van der Waals surface area contributed by atoms with Gasteiger partial charge in [0.25, 0.3) is 0 Å². The average molecular weight is 283 g/mol. The van der Waals surface area contributed by atoms with Crippen LogP contribution in [0.3, 0.4) is 0 Å². The summed E-state index contributed by atoms with van der Waals surface area (Å²) in [4.78, 5) is 0. The predicted octanol–water partition coefficient (Wildman–Crippen LogP) is 2.93. The third-order valence-corrected chi connectivity index (χ3v) is 2.96. The number of ether oxygens (including phenoxy) is 1. The molecule has 0 atom stereocenters. The second kappa shape index (κ2) is 5.34. The van der Waals surface area contributed by atoms with Crippen molar-refractivity contribution in [1.82, 2.24) is 0 Å². The number of para-hydroxylation sites is 1. The predicted molar refractivity (Wildman–Crippen MR) is 72.7 cm³/mol. The molecule has 0 radical (unpaired) electrons. The van der Waals surface area contributed by atoms with Gasteiger partial charge >= 0.3 is 0 Å². The lowest BCUT2D eigenvalue weighted by Gasteiger charge is -2.13. The number of nitrogen functional groups attached to an aromatic ring is 2. The number of halogens is 2. The smallest absolute Gasteiger partial charge is 0.188 e. The van der Waals surface area contributed by atoms with Crippen LogP contribution in [0.4, 0.5) is 15.8 Å². The van der Waals surface area contributed by atoms with Crippen LogP contribution in [0.1, 0.15) is 5.56 Å². The Morgan fingerprint density at radius 1 is 1.21 bits per heavy atom. The van der Waals surface area contributed by atoms with Gasteiger partial charge in [0.05, 0.1) is 18.0 Å². The van der Waals surface area contributed by atoms with Crippen molar-refractivity contribution in [2.75, 3.05) is 11.5 Å². The lowest BCUT2D eigenvalue weighted by molar-refractivity contribution is 0.276. The van der Waals surface area contributed by atoms with Crippen LogP contribution in [-0.2, 0) is 6.61 Å². The molecular formula is C13H12ClFN2O2. The van der Waals surface area contributed by atoms with Crippen LogP contribution in [-0.4, -0.2) is 5.11 Å². The molecule has 0 fully saturated rings. The lowest BCUT2D eigenvalue weighted by Crippen LogP contribution is -2.01. The van der Waals surface area contributed by atoms with Gasteiger partial charge in [0.2, 0.25) is 0 Å². The Bertz CT molecular complexity index is 620. The molecule has 0 saturated carbocycles. The summed E-state index contributed by atoms with van der Waals surface area (Å²) in [5, 5.41) is 8.94. The molecule has 0 aliphatic carbocycles. The first-order valence-corrected chi connectivity index (χ1v) is 5.82. The summed E-state index contributed by atoms with van der Waals surface area (Å²) in [7, 11) is 0. The molecule has 0 aliphatic heterocycles. The summed E-state index contributed by atoms with van der Waals surface area (Å²) >= 11 is 5.71. The maximum atomic E-state index is 14.0. The second-order valence-electron chi connectivity index (χ2n) is 3.88. The zero-order chi connectivity index (χ0) is 14.0. The van der Waals surface area contributed by atoms with E-state index >= 15 is 0 Å². The molecule has 100 valence electrons. The van der Waals surface area contributed by atoms with E-state index in [1.54, 1.807) is 24.3 Å². The Labute approximate surface area is 114 Å². The Kier molecular flexibility index (Phi) is 3.78. The van der Waals surface area contributed by atoms with Crippen molar-refractivity contribution in [3.63, 3.8) is 0 Å². The molecule has 0 spiro atoms. The fraction of sp³-hybridized carbons (Fsp3) is 0.0769. The van der Waals surface area contributed by atoms with E-state index in [1.165, 1.54) is 6.07 Å². The third kappa shape index (κ3) is 2.57. The zero-order valence-electron chi connectivity index (χ0n) is 9.86. The molecule has 0 bridgehead atoms. The number of nitrogens with two attached hydrogens (primary N) is 2. The molecule has 2 rings (SSSR count). The monoisotopic (exact) mass is 282 g/mol. The maximum Gasteiger partial charge on any atom is 0.188 e. The van der Waals surface area contributed by atoms with Crippen LogP contribution in [0, 0.1) is 5.82 Å². The Morgan fingerprint density at radius 2 is 1.89 bits per heavy atom. The minimum atomic E-state index is -0.827. The van der Waals surface area contributed by atoms with Crippen LogP contribution in [0.2, 0.25) is 5.02 Å². The molecule has 0 heterocycles. The van der Waals surface area contributed by atoms with Crippen molar-refractivity contribution in [3.8, 4) is 11.5 Å². The number of anilines is 2. The Hall–Kier alpha value is -1.98. The minimum Gasteiger partial charge on any atom is -0.452 e. The van der Waals surface area contributed by atoms with Crippen LogP contribution >= 0.6 is 11.6 Å². The van der Waals surface area contributed by atoms with Gasteiger partial charge in [0.15, 0.2) is 11.6 Å². The molecule has 2 aromatic rings. The number of benzene rings is 2. The number of rotatable bonds is 3. The van der Waals surface area contributed by atoms with E-state index in [0.717, 1.165) is 0 Å². The van der Waals surface area contributed by atoms with Crippen molar-refractivity contribution in [2.45, 2.75) is 6.61 Å². The van der Waals surface area contributed by atoms with Gasteiger partial charge in [-0.2, -0.15) is 0 Å². The summed E-state index contributed by atoms with van der Waals surface area (Å²) in [5.74, 6) is -0.733. The fourth-order valence-corrected chi connectivity index (χ4v) is 1.74. The van der Waals surface area contributed by atoms with Crippen LogP contribution in [0.5, 0.6) is 11.5 Å². The van der Waals surface area contributed by atoms with Gasteiger partial charge in [0, 0.05) is 5.56 Å². The SMILES string of the molecule is Nc1cc(N)c(Oc2ccccc2CO)c(F)c1Cl. The highest BCUT2D eigenvalue weighted by molar-refractivity contribution is 6.33. The maximum absolute atomic E-state index is 14.0. The number of hydrogen-bond donors (Lipinski definition) is 3. The zero-order valence-corrected chi connectivity index (χ0v) is 10.6. The topological polar surface area (TPSA) is 81.5 Å². The van der Waals surface area contributed by atoms with E-state index in [9.17, 15) is 9.50 Å². The van der Waals surface area contributed by atoms with E-state index in [2.05, 4.69) is 0 Å². The van der Waals surface area contributed by atoms with E-state index in [1.807, 2.05) is 0 Å². The van der Waals surface area contributed by atoms with Gasteiger partial charge in [0.1, 0.15) is 10.8 Å². The minimum absolute atomic E-state index is 0.0344. The lowest BCUT2D eigenvalue weighted by atomic mass is 10.2. The Balaban J connectivity index is 2.47. The summed E-state index contributed by atoms with van der Waals surface area (Å²) in [5.41, 5.74) is 11.7. The first-order chi connectivity index (χ1) is 9.04. The highest BCUT2D eigenvalue weighted by Crippen LogP contribution is 2.38. The molecule has 2 aromatic carbocycles. The molecular weight excluding hydrogens is 271 g/mol. The highest BCUT2D eigenvalue weighted by atomic mass is 35.5. The van der Waals surface area contributed by atoms with E-state index < -0.39 is 5.82 Å².